The van der Waals surface area contributed by atoms with E-state index in [1.54, 1.807) is 0 Å². The van der Waals surface area contributed by atoms with E-state index in [9.17, 15) is 14.4 Å². The second-order valence-corrected chi connectivity index (χ2v) is 14.7. The van der Waals surface area contributed by atoms with Crippen LogP contribution in [0.15, 0.2) is 24.3 Å². The molecule has 1 atom stereocenters. The molecule has 0 bridgehead atoms. The Hall–Kier alpha value is -2.15. The number of ether oxygens (including phenoxy) is 3. The summed E-state index contributed by atoms with van der Waals surface area (Å²) in [5.74, 6) is 0.0266. The van der Waals surface area contributed by atoms with Gasteiger partial charge in [-0.15, -0.1) is 0 Å². The lowest BCUT2D eigenvalue weighted by Gasteiger charge is -2.20. The summed E-state index contributed by atoms with van der Waals surface area (Å²) in [6, 6.07) is 0. The van der Waals surface area contributed by atoms with Crippen LogP contribution in [0.25, 0.3) is 0 Å². The highest BCUT2D eigenvalue weighted by molar-refractivity contribution is 5.70. The normalized spacial score (nSPS) is 12.4. The Labute approximate surface area is 315 Å². The fourth-order valence-corrected chi connectivity index (χ4v) is 6.00. The predicted octanol–water partition coefficient (Wildman–Crippen LogP) is 11.9. The van der Waals surface area contributed by atoms with E-state index in [-0.39, 0.29) is 24.0 Å². The van der Waals surface area contributed by atoms with Crippen molar-refractivity contribution in [2.45, 2.75) is 201 Å². The van der Waals surface area contributed by atoms with Gasteiger partial charge in [0.05, 0.1) is 0 Å². The first-order valence-corrected chi connectivity index (χ1v) is 21.3. The average Bonchev–Trinajstić information content (AvgIpc) is 3.11. The van der Waals surface area contributed by atoms with Crippen molar-refractivity contribution in [3.8, 4) is 0 Å². The molecule has 298 valence electrons. The largest absolute Gasteiger partial charge is 0.462 e. The standard InChI is InChI=1S/C44H81NO6/c1-6-9-11-13-15-23-29-37-49-42(46)33-27-21-17-19-25-31-41(51-44(48)39-40(4)35-36-45(5)8-3)32-26-20-18-22-28-34-43(47)50-38-30-24-16-14-12-10-7-2/h23-24,29-30,40-41H,6-22,25-28,31-39H2,1-5H3/b29-23-,30-24-. The number of hydrogen-bond acceptors (Lipinski definition) is 7. The highest BCUT2D eigenvalue weighted by atomic mass is 16.5. The second kappa shape index (κ2) is 37.6. The molecule has 1 unspecified atom stereocenters. The number of unbranched alkanes of at least 4 members (excludes halogenated alkanes) is 16. The van der Waals surface area contributed by atoms with Gasteiger partial charge in [0.15, 0.2) is 0 Å². The maximum Gasteiger partial charge on any atom is 0.306 e. The lowest BCUT2D eigenvalue weighted by Crippen LogP contribution is -2.23. The minimum Gasteiger partial charge on any atom is -0.462 e. The minimum atomic E-state index is -0.107. The molecular weight excluding hydrogens is 638 g/mol. The van der Waals surface area contributed by atoms with E-state index in [1.807, 2.05) is 12.2 Å². The van der Waals surface area contributed by atoms with Crippen molar-refractivity contribution in [1.82, 2.24) is 4.90 Å². The summed E-state index contributed by atoms with van der Waals surface area (Å²) >= 11 is 0. The fourth-order valence-electron chi connectivity index (χ4n) is 6.00. The number of carbonyl (C=O) groups excluding carboxylic acids is 3. The third-order valence-corrected chi connectivity index (χ3v) is 9.63. The molecule has 0 fully saturated rings. The Morgan fingerprint density at radius 3 is 1.47 bits per heavy atom. The molecule has 0 saturated carbocycles. The van der Waals surface area contributed by atoms with Crippen LogP contribution in [0.3, 0.4) is 0 Å². The van der Waals surface area contributed by atoms with Crippen LogP contribution in [0.4, 0.5) is 0 Å². The summed E-state index contributed by atoms with van der Waals surface area (Å²) in [5, 5.41) is 0. The lowest BCUT2D eigenvalue weighted by atomic mass is 10.0. The van der Waals surface area contributed by atoms with E-state index in [4.69, 9.17) is 14.2 Å². The molecular formula is C44H81NO6. The number of hydrogen-bond donors (Lipinski definition) is 0. The van der Waals surface area contributed by atoms with E-state index in [2.05, 4.69) is 51.8 Å². The van der Waals surface area contributed by atoms with Gasteiger partial charge in [0.1, 0.15) is 19.3 Å². The molecule has 0 spiro atoms. The van der Waals surface area contributed by atoms with Crippen molar-refractivity contribution in [3.63, 3.8) is 0 Å². The Morgan fingerprint density at radius 1 is 0.549 bits per heavy atom. The molecule has 51 heavy (non-hydrogen) atoms. The molecule has 7 nitrogen and oxygen atoms in total. The summed E-state index contributed by atoms with van der Waals surface area (Å²) in [4.78, 5) is 39.2. The molecule has 0 radical (unpaired) electrons. The van der Waals surface area contributed by atoms with Crippen LogP contribution in [-0.4, -0.2) is 62.3 Å². The smallest absolute Gasteiger partial charge is 0.306 e. The van der Waals surface area contributed by atoms with Gasteiger partial charge in [0.2, 0.25) is 0 Å². The zero-order chi connectivity index (χ0) is 37.6. The highest BCUT2D eigenvalue weighted by Crippen LogP contribution is 2.19. The quantitative estimate of drug-likeness (QED) is 0.0273. The van der Waals surface area contributed by atoms with Crippen LogP contribution in [0.5, 0.6) is 0 Å². The van der Waals surface area contributed by atoms with Crippen LogP contribution < -0.4 is 0 Å². The first-order valence-electron chi connectivity index (χ1n) is 21.3. The van der Waals surface area contributed by atoms with Gasteiger partial charge in [0, 0.05) is 19.3 Å². The van der Waals surface area contributed by atoms with Crippen molar-refractivity contribution < 1.29 is 28.6 Å². The topological polar surface area (TPSA) is 82.1 Å². The first-order chi connectivity index (χ1) is 24.8. The van der Waals surface area contributed by atoms with Crippen LogP contribution in [-0.2, 0) is 28.6 Å². The molecule has 0 aliphatic heterocycles. The van der Waals surface area contributed by atoms with Gasteiger partial charge in [-0.1, -0.05) is 129 Å². The lowest BCUT2D eigenvalue weighted by molar-refractivity contribution is -0.151. The molecule has 0 aromatic carbocycles. The van der Waals surface area contributed by atoms with Gasteiger partial charge in [-0.25, -0.2) is 0 Å². The van der Waals surface area contributed by atoms with E-state index in [1.165, 1.54) is 51.4 Å². The zero-order valence-electron chi connectivity index (χ0n) is 34.1. The first kappa shape index (κ1) is 48.9. The monoisotopic (exact) mass is 720 g/mol. The van der Waals surface area contributed by atoms with Crippen molar-refractivity contribution >= 4 is 17.9 Å². The van der Waals surface area contributed by atoms with Crippen LogP contribution in [0, 0.1) is 5.92 Å². The molecule has 0 heterocycles. The van der Waals surface area contributed by atoms with Gasteiger partial charge < -0.3 is 19.1 Å². The maximum absolute atomic E-state index is 12.9. The predicted molar refractivity (Wildman–Crippen MR) is 214 cm³/mol. The number of rotatable bonds is 37. The van der Waals surface area contributed by atoms with Crippen molar-refractivity contribution in [2.75, 3.05) is 33.4 Å². The number of esters is 3. The third-order valence-electron chi connectivity index (χ3n) is 9.63. The van der Waals surface area contributed by atoms with Gasteiger partial charge in [-0.05, 0) is 96.7 Å². The molecule has 7 heteroatoms. The Balaban J connectivity index is 4.31. The van der Waals surface area contributed by atoms with Crippen LogP contribution >= 0.6 is 0 Å². The molecule has 0 aromatic rings. The van der Waals surface area contributed by atoms with Gasteiger partial charge in [-0.3, -0.25) is 14.4 Å². The molecule has 0 rings (SSSR count). The number of carbonyl (C=O) groups is 3. The van der Waals surface area contributed by atoms with E-state index in [0.29, 0.717) is 38.4 Å². The Morgan fingerprint density at radius 2 is 1.00 bits per heavy atom. The molecule has 0 aromatic heterocycles. The average molecular weight is 720 g/mol. The van der Waals surface area contributed by atoms with Crippen LogP contribution in [0.2, 0.25) is 0 Å². The van der Waals surface area contributed by atoms with E-state index < -0.39 is 0 Å². The molecule has 0 aliphatic carbocycles. The highest BCUT2D eigenvalue weighted by Gasteiger charge is 2.17. The van der Waals surface area contributed by atoms with Crippen molar-refractivity contribution in [1.29, 1.82) is 0 Å². The molecule has 0 amide bonds. The minimum absolute atomic E-state index is 0.0348. The summed E-state index contributed by atoms with van der Waals surface area (Å²) in [6.45, 7) is 11.5. The van der Waals surface area contributed by atoms with E-state index in [0.717, 1.165) is 109 Å². The Bertz CT molecular complexity index is 820. The van der Waals surface area contributed by atoms with Gasteiger partial charge in [0.25, 0.3) is 0 Å². The fraction of sp³-hybridized carbons (Fsp3) is 0.841. The number of allylic oxidation sites excluding steroid dienone is 2. The number of nitrogens with zero attached hydrogens (tertiary/aromatic N) is 1. The summed E-state index contributed by atoms with van der Waals surface area (Å²) in [7, 11) is 2.11. The molecule has 0 saturated heterocycles. The maximum atomic E-state index is 12.9. The van der Waals surface area contributed by atoms with E-state index >= 15 is 0 Å². The zero-order valence-corrected chi connectivity index (χ0v) is 34.1. The molecule has 0 aliphatic rings. The van der Waals surface area contributed by atoms with Gasteiger partial charge in [-0.2, -0.15) is 0 Å². The third kappa shape index (κ3) is 36.0. The SMILES string of the molecule is CCCCCC/C=C\COC(=O)CCCCCCCC(CCCCCCCC(=O)OC/C=C\CCCCCC)OC(=O)CC(C)CCN(C)CC. The summed E-state index contributed by atoms with van der Waals surface area (Å²) in [6.07, 6.45) is 34.6. The van der Waals surface area contributed by atoms with Gasteiger partial charge >= 0.3 is 17.9 Å². The Kier molecular flexibility index (Phi) is 36.0. The van der Waals surface area contributed by atoms with Crippen LogP contribution in [0.1, 0.15) is 195 Å². The summed E-state index contributed by atoms with van der Waals surface area (Å²) < 4.78 is 16.7. The summed E-state index contributed by atoms with van der Waals surface area (Å²) in [5.41, 5.74) is 0. The molecule has 0 N–H and O–H groups in total. The van der Waals surface area contributed by atoms with Crippen molar-refractivity contribution in [2.24, 2.45) is 5.92 Å². The van der Waals surface area contributed by atoms with Crippen molar-refractivity contribution in [3.05, 3.63) is 24.3 Å². The second-order valence-electron chi connectivity index (χ2n) is 14.7.